The van der Waals surface area contributed by atoms with Crippen LogP contribution in [-0.4, -0.2) is 44.0 Å². The van der Waals surface area contributed by atoms with Crippen LogP contribution in [0, 0.1) is 6.57 Å². The van der Waals surface area contributed by atoms with Crippen LogP contribution in [0.4, 0.5) is 10.0 Å². The summed E-state index contributed by atoms with van der Waals surface area (Å²) in [6, 6.07) is 26.9. The summed E-state index contributed by atoms with van der Waals surface area (Å²) in [6.45, 7) is 26.8. The van der Waals surface area contributed by atoms with Gasteiger partial charge in [0.15, 0.2) is 6.29 Å². The topological polar surface area (TPSA) is 54.2 Å². The fraction of sp³-hybridized carbons (Fsp3) is 0.557. The first-order valence-corrected chi connectivity index (χ1v) is 41.3. The number of carbonyl (C=O) groups excluding carboxylic acids is 2. The van der Waals surface area contributed by atoms with Crippen molar-refractivity contribution in [1.29, 1.82) is 0 Å². The molecule has 0 aliphatic carbocycles. The van der Waals surface area contributed by atoms with Gasteiger partial charge in [-0.05, 0) is 179 Å². The number of hydrogen-bond acceptors (Lipinski definition) is 11. The summed E-state index contributed by atoms with van der Waals surface area (Å²) < 4.78 is 14.4. The van der Waals surface area contributed by atoms with Crippen molar-refractivity contribution in [1.82, 2.24) is 0 Å². The number of nitrogens with zero attached hydrogens (tertiary/aromatic N) is 3. The average molecular weight is 1420 g/mol. The Morgan fingerprint density at radius 2 is 0.783 bits per heavy atom. The molecule has 0 saturated heterocycles. The van der Waals surface area contributed by atoms with Gasteiger partial charge in [0.1, 0.15) is 5.60 Å². The third-order valence-electron chi connectivity index (χ3n) is 17.3. The van der Waals surface area contributed by atoms with Crippen LogP contribution in [-0.2, 0) is 9.53 Å². The van der Waals surface area contributed by atoms with Crippen LogP contribution in [0.2, 0.25) is 0 Å². The maximum absolute atomic E-state index is 12.5. The highest BCUT2D eigenvalue weighted by atomic mass is 79.9. The molecule has 9 aromatic rings. The highest BCUT2D eigenvalue weighted by Crippen LogP contribution is 2.41. The number of fused-ring (bicyclic) bond motifs is 6. The molecule has 0 saturated carbocycles. The van der Waals surface area contributed by atoms with E-state index in [1.165, 1.54) is 287 Å². The summed E-state index contributed by atoms with van der Waals surface area (Å²) >= 11 is 14.2. The molecule has 500 valence electrons. The first-order valence-electron chi connectivity index (χ1n) is 35.6. The van der Waals surface area contributed by atoms with Gasteiger partial charge in [-0.2, -0.15) is 0 Å². The summed E-state index contributed by atoms with van der Waals surface area (Å²) in [5, 5.41) is 12.6. The van der Waals surface area contributed by atoms with Crippen LogP contribution in [0.3, 0.4) is 0 Å². The van der Waals surface area contributed by atoms with E-state index < -0.39 is 11.6 Å². The van der Waals surface area contributed by atoms with Crippen molar-refractivity contribution < 1.29 is 14.3 Å². The van der Waals surface area contributed by atoms with Crippen molar-refractivity contribution in [3.05, 3.63) is 109 Å². The molecule has 6 heterocycles. The number of benzene rings is 3. The molecule has 92 heavy (non-hydrogen) atoms. The van der Waals surface area contributed by atoms with Crippen LogP contribution in [0.5, 0.6) is 0 Å². The maximum Gasteiger partial charge on any atom is 0.336 e. The molecule has 0 amide bonds. The highest BCUT2D eigenvalue weighted by molar-refractivity contribution is 9.11. The molecule has 0 radical (unpaired) electrons. The third kappa shape index (κ3) is 25.8. The fourth-order valence-corrected chi connectivity index (χ4v) is 18.7. The zero-order valence-electron chi connectivity index (χ0n) is 57.0. The first kappa shape index (κ1) is 75.3. The second kappa shape index (κ2) is 41.7. The molecule has 0 fully saturated rings. The number of rotatable bonds is 41. The lowest BCUT2D eigenvalue weighted by atomic mass is 10.1. The van der Waals surface area contributed by atoms with Gasteiger partial charge in [0.05, 0.1) is 25.2 Å². The molecular formula is C79H108BrN3O3S6. The van der Waals surface area contributed by atoms with Crippen molar-refractivity contribution in [3.8, 4) is 0 Å². The van der Waals surface area contributed by atoms with Gasteiger partial charge in [-0.15, -0.1) is 68.0 Å². The number of esters is 1. The molecule has 13 heteroatoms. The van der Waals surface area contributed by atoms with Gasteiger partial charge in [-0.3, -0.25) is 9.59 Å². The maximum atomic E-state index is 12.5. The number of unbranched alkanes of at least 4 members (excludes halogenated alkanes) is 28. The normalized spacial score (nSPS) is 11.9. The Bertz CT molecular complexity index is 3460. The summed E-state index contributed by atoms with van der Waals surface area (Å²) in [5.74, 6) is -0.566. The van der Waals surface area contributed by atoms with E-state index in [2.05, 4.69) is 130 Å². The monoisotopic (exact) mass is 1420 g/mol. The van der Waals surface area contributed by atoms with Crippen LogP contribution < -0.4 is 9.80 Å². The minimum atomic E-state index is -0.626. The van der Waals surface area contributed by atoms with Gasteiger partial charge in [0.25, 0.3) is 5.70 Å². The van der Waals surface area contributed by atoms with E-state index in [-0.39, 0.29) is 5.70 Å². The Hall–Kier alpha value is -4.13. The van der Waals surface area contributed by atoms with Crippen LogP contribution in [0.15, 0.2) is 87.7 Å². The molecule has 0 aliphatic heterocycles. The van der Waals surface area contributed by atoms with Gasteiger partial charge >= 0.3 is 5.97 Å². The SMILES string of the molecule is Brc1cc2cc3sccc3cc2s1.CCCCCCCCCCN(CCCCCCCCCC)c1cc2cc3sc(C=O)cc3cc2s1.[C-]#[N+]/C(=C\c1cc2cc3sc(N(CCCCCCCCCC)CCCCCCCCCC)cc3cc2s1)C(=O)OC(C)(C)C. The summed E-state index contributed by atoms with van der Waals surface area (Å²) in [7, 11) is 0. The molecule has 6 aromatic heterocycles. The Labute approximate surface area is 586 Å². The molecule has 0 N–H and O–H groups in total. The highest BCUT2D eigenvalue weighted by Gasteiger charge is 2.21. The second-order valence-electron chi connectivity index (χ2n) is 26.4. The van der Waals surface area contributed by atoms with Crippen molar-refractivity contribution in [2.45, 2.75) is 260 Å². The Balaban J connectivity index is 0.000000220. The number of ether oxygens (including phenoxy) is 1. The minimum Gasteiger partial charge on any atom is -0.465 e. The molecule has 0 atom stereocenters. The number of aldehydes is 1. The number of halogens is 1. The molecule has 9 rings (SSSR count). The molecular weight excluding hydrogens is 1310 g/mol. The van der Waals surface area contributed by atoms with E-state index in [1.807, 2.05) is 49.5 Å². The lowest BCUT2D eigenvalue weighted by Gasteiger charge is -2.23. The van der Waals surface area contributed by atoms with Crippen LogP contribution >= 0.6 is 84.0 Å². The zero-order chi connectivity index (χ0) is 65.3. The Kier molecular flexibility index (Phi) is 34.1. The van der Waals surface area contributed by atoms with Gasteiger partial charge in [0, 0.05) is 59.3 Å². The van der Waals surface area contributed by atoms with Gasteiger partial charge in [-0.25, -0.2) is 4.85 Å². The lowest BCUT2D eigenvalue weighted by Crippen LogP contribution is -2.24. The first-order chi connectivity index (χ1) is 44.8. The summed E-state index contributed by atoms with van der Waals surface area (Å²) in [5.41, 5.74) is -0.604. The van der Waals surface area contributed by atoms with E-state index in [0.29, 0.717) is 0 Å². The number of carbonyl (C=O) groups is 2. The van der Waals surface area contributed by atoms with Gasteiger partial charge in [0.2, 0.25) is 0 Å². The molecule has 0 spiro atoms. The van der Waals surface area contributed by atoms with Crippen molar-refractivity contribution in [2.24, 2.45) is 0 Å². The third-order valence-corrected chi connectivity index (χ3v) is 24.1. The van der Waals surface area contributed by atoms with Crippen molar-refractivity contribution in [3.63, 3.8) is 0 Å². The quantitative estimate of drug-likeness (QED) is 0.0126. The van der Waals surface area contributed by atoms with E-state index >= 15 is 0 Å². The number of hydrogen-bond donors (Lipinski definition) is 0. The van der Waals surface area contributed by atoms with E-state index in [1.54, 1.807) is 51.4 Å². The van der Waals surface area contributed by atoms with Crippen molar-refractivity contribution in [2.75, 3.05) is 36.0 Å². The molecule has 0 unspecified atom stereocenters. The fourth-order valence-electron chi connectivity index (χ4n) is 12.1. The number of thiophene rings is 6. The van der Waals surface area contributed by atoms with Crippen molar-refractivity contribution >= 4 is 173 Å². The van der Waals surface area contributed by atoms with Gasteiger partial charge < -0.3 is 14.5 Å². The summed E-state index contributed by atoms with van der Waals surface area (Å²) in [6.07, 6.45) is 46.3. The second-order valence-corrected chi connectivity index (χ2v) is 34.1. The smallest absolute Gasteiger partial charge is 0.336 e. The average Bonchev–Trinajstić information content (AvgIpc) is 1.67. The van der Waals surface area contributed by atoms with E-state index in [9.17, 15) is 9.59 Å². The Morgan fingerprint density at radius 3 is 1.18 bits per heavy atom. The molecule has 0 bridgehead atoms. The van der Waals surface area contributed by atoms with Gasteiger partial charge in [-0.1, -0.05) is 207 Å². The van der Waals surface area contributed by atoms with E-state index in [0.717, 1.165) is 34.5 Å². The predicted octanol–water partition coefficient (Wildman–Crippen LogP) is 28.7. The Morgan fingerprint density at radius 1 is 0.446 bits per heavy atom. The largest absolute Gasteiger partial charge is 0.465 e. The van der Waals surface area contributed by atoms with Crippen LogP contribution in [0.1, 0.15) is 268 Å². The molecule has 0 aliphatic rings. The minimum absolute atomic E-state index is 0.0214. The lowest BCUT2D eigenvalue weighted by molar-refractivity contribution is -0.149. The molecule has 6 nitrogen and oxygen atoms in total. The summed E-state index contributed by atoms with van der Waals surface area (Å²) in [4.78, 5) is 34.2. The predicted molar refractivity (Wildman–Crippen MR) is 420 cm³/mol. The zero-order valence-corrected chi connectivity index (χ0v) is 63.5. The number of anilines is 2. The standard InChI is InChI=1S/C38H56N2O2S2.C31H47NOS2.C10H5BrS2/c1-7-9-11-13-15-17-19-21-23-40(24-22-20-18-16-14-12-10-8-2)36-28-31-27-34-30(26-35(31)44-36)25-32(43-34)29-33(39-6)37(41)42-38(3,4)5;1-3-5-7-9-11-13-15-17-19-32(20-18-16-14-12-10-8-6-4-2)31-24-27-23-29-26(22-30(27)35-31)21-28(25-33)34-29;11-10-5-7-4-8-6(1-2-12-8)3-9(7)13-10/h25-29H,7-24H2,1-5H3;21-25H,3-20H2,1-2H3;1-5H/b33-29-;;. The van der Waals surface area contributed by atoms with Crippen LogP contribution in [0.25, 0.3) is 71.4 Å². The van der Waals surface area contributed by atoms with E-state index in [4.69, 9.17) is 11.3 Å². The molecule has 3 aromatic carbocycles.